The van der Waals surface area contributed by atoms with Crippen LogP contribution in [-0.2, 0) is 17.1 Å². The number of carbonyl (C=O) groups is 1. The number of benzene rings is 1. The molecule has 11 nitrogen and oxygen atoms in total. The predicted octanol–water partition coefficient (Wildman–Crippen LogP) is 2.00. The number of piperidine rings is 1. The molecule has 1 aromatic carbocycles. The molecule has 2 aliphatic heterocycles. The number of amides is 1. The lowest BCUT2D eigenvalue weighted by atomic mass is 10.1. The quantitative estimate of drug-likeness (QED) is 0.352. The molecule has 0 bridgehead atoms. The lowest BCUT2D eigenvalue weighted by molar-refractivity contribution is 0.0950. The molecule has 0 unspecified atom stereocenters. The van der Waals surface area contributed by atoms with Crippen LogP contribution < -0.4 is 16.1 Å². The molecule has 0 radical (unpaired) electrons. The van der Waals surface area contributed by atoms with Crippen molar-refractivity contribution in [2.24, 2.45) is 7.05 Å². The number of aryl methyl sites for hydroxylation is 1. The molecule has 12 heteroatoms. The number of carbonyl (C=O) groups excluding carboxylic acids is 1. The van der Waals surface area contributed by atoms with Gasteiger partial charge in [0.2, 0.25) is 15.5 Å². The summed E-state index contributed by atoms with van der Waals surface area (Å²) in [6.07, 6.45) is 4.92. The molecule has 2 N–H and O–H groups in total. The number of rotatable bonds is 7. The van der Waals surface area contributed by atoms with Gasteiger partial charge >= 0.3 is 0 Å². The number of hydrogen-bond acceptors (Lipinski definition) is 7. The summed E-state index contributed by atoms with van der Waals surface area (Å²) in [7, 11) is -1.34. The zero-order valence-electron chi connectivity index (χ0n) is 22.9. The molecule has 0 atom stereocenters. The summed E-state index contributed by atoms with van der Waals surface area (Å²) < 4.78 is 29.1. The van der Waals surface area contributed by atoms with Crippen LogP contribution in [0.1, 0.15) is 36.0 Å². The second-order valence-electron chi connectivity index (χ2n) is 10.9. The topological polar surface area (TPSA) is 121 Å². The fourth-order valence-electron chi connectivity index (χ4n) is 6.09. The number of nitrogens with one attached hydrogen (secondary N) is 2. The van der Waals surface area contributed by atoms with Crippen LogP contribution in [0.5, 0.6) is 0 Å². The van der Waals surface area contributed by atoms with Gasteiger partial charge in [-0.25, -0.2) is 17.7 Å². The first-order valence-corrected chi connectivity index (χ1v) is 15.7. The molecule has 0 spiro atoms. The largest absolute Gasteiger partial charge is 0.367 e. The molecule has 6 rings (SSSR count). The van der Waals surface area contributed by atoms with Crippen molar-refractivity contribution < 1.29 is 13.2 Å². The lowest BCUT2D eigenvalue weighted by Gasteiger charge is -2.30. The van der Waals surface area contributed by atoms with Crippen molar-refractivity contribution >= 4 is 49.5 Å². The highest BCUT2D eigenvalue weighted by Crippen LogP contribution is 2.27. The summed E-state index contributed by atoms with van der Waals surface area (Å²) >= 11 is 0. The van der Waals surface area contributed by atoms with Gasteiger partial charge in [0, 0.05) is 39.3 Å². The van der Waals surface area contributed by atoms with Crippen molar-refractivity contribution in [3.8, 4) is 0 Å². The number of para-hydroxylation sites is 2. The van der Waals surface area contributed by atoms with E-state index in [1.54, 1.807) is 12.1 Å². The van der Waals surface area contributed by atoms with Gasteiger partial charge in [-0.3, -0.25) is 14.0 Å². The van der Waals surface area contributed by atoms with Crippen molar-refractivity contribution in [1.82, 2.24) is 28.5 Å². The molecule has 2 aliphatic rings. The minimum Gasteiger partial charge on any atom is -0.367 e. The number of anilines is 1. The minimum absolute atomic E-state index is 0.0586. The minimum atomic E-state index is -3.21. The van der Waals surface area contributed by atoms with E-state index in [-0.39, 0.29) is 22.9 Å². The Morgan fingerprint density at radius 1 is 1.02 bits per heavy atom. The van der Waals surface area contributed by atoms with Crippen molar-refractivity contribution in [3.05, 3.63) is 52.2 Å². The van der Waals surface area contributed by atoms with Gasteiger partial charge in [-0.1, -0.05) is 12.1 Å². The second kappa shape index (κ2) is 10.5. The highest BCUT2D eigenvalue weighted by molar-refractivity contribution is 7.88. The molecular weight excluding hydrogens is 530 g/mol. The molecule has 2 fully saturated rings. The predicted molar refractivity (Wildman–Crippen MR) is 157 cm³/mol. The number of sulfonamides is 1. The summed E-state index contributed by atoms with van der Waals surface area (Å²) in [5, 5.41) is 6.80. The van der Waals surface area contributed by atoms with E-state index in [1.165, 1.54) is 23.4 Å². The van der Waals surface area contributed by atoms with Gasteiger partial charge in [-0.2, -0.15) is 0 Å². The average molecular weight is 566 g/mol. The maximum absolute atomic E-state index is 13.8. The van der Waals surface area contributed by atoms with E-state index >= 15 is 0 Å². The van der Waals surface area contributed by atoms with E-state index in [9.17, 15) is 18.0 Å². The smallest absolute Gasteiger partial charge is 0.259 e. The van der Waals surface area contributed by atoms with Crippen molar-refractivity contribution in [2.75, 3.05) is 50.8 Å². The number of hydrogen-bond donors (Lipinski definition) is 2. The molecule has 1 amide bonds. The zero-order chi connectivity index (χ0) is 28.0. The third-order valence-electron chi connectivity index (χ3n) is 8.21. The fourth-order valence-corrected chi connectivity index (χ4v) is 6.96. The molecule has 3 aromatic heterocycles. The Labute approximate surface area is 232 Å². The highest BCUT2D eigenvalue weighted by atomic mass is 32.2. The SMILES string of the molecule is Cn1c2ccccc2n2c3nc(NC4CCN(S(C)(=O)=O)CC4)ccc3c(=O)c(C(=O)NCCN3CCCC3)c12. The summed E-state index contributed by atoms with van der Waals surface area (Å²) in [6, 6.07) is 11.3. The van der Waals surface area contributed by atoms with Crippen molar-refractivity contribution in [2.45, 2.75) is 31.7 Å². The van der Waals surface area contributed by atoms with E-state index in [0.717, 1.165) is 30.7 Å². The third kappa shape index (κ3) is 4.84. The van der Waals surface area contributed by atoms with Gasteiger partial charge < -0.3 is 20.1 Å². The Bertz CT molecular complexity index is 1760. The van der Waals surface area contributed by atoms with Crippen LogP contribution >= 0.6 is 0 Å². The monoisotopic (exact) mass is 565 g/mol. The van der Waals surface area contributed by atoms with Crippen LogP contribution in [0, 0.1) is 0 Å². The van der Waals surface area contributed by atoms with Crippen molar-refractivity contribution in [3.63, 3.8) is 0 Å². The van der Waals surface area contributed by atoms with Crippen LogP contribution in [-0.4, -0.2) is 89.0 Å². The number of imidazole rings is 1. The number of aromatic nitrogens is 3. The van der Waals surface area contributed by atoms with Gasteiger partial charge in [-0.15, -0.1) is 0 Å². The number of likely N-dealkylation sites (tertiary alicyclic amines) is 1. The lowest BCUT2D eigenvalue weighted by Crippen LogP contribution is -2.41. The molecule has 2 saturated heterocycles. The summed E-state index contributed by atoms with van der Waals surface area (Å²) in [4.78, 5) is 34.6. The molecule has 40 heavy (non-hydrogen) atoms. The van der Waals surface area contributed by atoms with Crippen LogP contribution in [0.15, 0.2) is 41.2 Å². The average Bonchev–Trinajstić information content (AvgIpc) is 3.55. The van der Waals surface area contributed by atoms with Gasteiger partial charge in [0.15, 0.2) is 5.65 Å². The van der Waals surface area contributed by atoms with Gasteiger partial charge in [0.25, 0.3) is 5.91 Å². The van der Waals surface area contributed by atoms with E-state index < -0.39 is 10.0 Å². The molecule has 0 saturated carbocycles. The van der Waals surface area contributed by atoms with Gasteiger partial charge in [0.05, 0.1) is 22.7 Å². The van der Waals surface area contributed by atoms with Gasteiger partial charge in [0.1, 0.15) is 17.0 Å². The number of fused-ring (bicyclic) bond motifs is 5. The van der Waals surface area contributed by atoms with E-state index in [4.69, 9.17) is 4.98 Å². The summed E-state index contributed by atoms with van der Waals surface area (Å²) in [5.41, 5.74) is 2.48. The van der Waals surface area contributed by atoms with Crippen LogP contribution in [0.2, 0.25) is 0 Å². The highest BCUT2D eigenvalue weighted by Gasteiger charge is 2.27. The van der Waals surface area contributed by atoms with Crippen LogP contribution in [0.3, 0.4) is 0 Å². The molecule has 0 aliphatic carbocycles. The van der Waals surface area contributed by atoms with Gasteiger partial charge in [-0.05, 0) is 63.0 Å². The first kappa shape index (κ1) is 26.7. The maximum atomic E-state index is 13.8. The summed E-state index contributed by atoms with van der Waals surface area (Å²) in [5.74, 6) is 0.226. The summed E-state index contributed by atoms with van der Waals surface area (Å²) in [6.45, 7) is 4.23. The zero-order valence-corrected chi connectivity index (χ0v) is 23.7. The Hall–Kier alpha value is -3.48. The first-order chi connectivity index (χ1) is 19.2. The Morgan fingerprint density at radius 3 is 2.42 bits per heavy atom. The Balaban J connectivity index is 1.38. The Kier molecular flexibility index (Phi) is 7.01. The van der Waals surface area contributed by atoms with E-state index in [0.29, 0.717) is 55.0 Å². The second-order valence-corrected chi connectivity index (χ2v) is 12.8. The van der Waals surface area contributed by atoms with E-state index in [1.807, 2.05) is 40.3 Å². The normalized spacial score (nSPS) is 17.8. The van der Waals surface area contributed by atoms with Crippen LogP contribution in [0.25, 0.3) is 27.7 Å². The molecular formula is C28H35N7O4S. The number of pyridine rings is 2. The molecule has 4 aromatic rings. The fraction of sp³-hybridized carbons (Fsp3) is 0.464. The Morgan fingerprint density at radius 2 is 1.73 bits per heavy atom. The van der Waals surface area contributed by atoms with E-state index in [2.05, 4.69) is 15.5 Å². The molecule has 5 heterocycles. The standard InChI is InChI=1S/C28H35N7O4S/c1-32-21-7-3-4-8-22(21)35-26-20(9-10-23(31-26)30-19-11-16-34(17-12-19)40(2,38)39)25(36)24(28(32)35)27(37)29-13-18-33-14-5-6-15-33/h3-4,7-10,19H,5-6,11-18H2,1-2H3,(H,29,37)(H,30,31). The third-order valence-corrected chi connectivity index (χ3v) is 9.51. The first-order valence-electron chi connectivity index (χ1n) is 13.9. The number of nitrogens with zero attached hydrogens (tertiary/aromatic N) is 5. The maximum Gasteiger partial charge on any atom is 0.259 e. The molecule has 212 valence electrons. The van der Waals surface area contributed by atoms with Crippen LogP contribution in [0.4, 0.5) is 5.82 Å². The van der Waals surface area contributed by atoms with Crippen molar-refractivity contribution in [1.29, 1.82) is 0 Å².